The smallest absolute Gasteiger partial charge is 0.267 e. The minimum absolute atomic E-state index is 0.108. The summed E-state index contributed by atoms with van der Waals surface area (Å²) in [5, 5.41) is 12.0. The number of nitrogens with zero attached hydrogens (tertiary/aromatic N) is 5. The van der Waals surface area contributed by atoms with Crippen LogP contribution in [-0.2, 0) is 4.79 Å². The Morgan fingerprint density at radius 3 is 2.71 bits per heavy atom. The molecular weight excluding hydrogens is 356 g/mol. The minimum Gasteiger partial charge on any atom is -0.353 e. The zero-order chi connectivity index (χ0) is 20.3. The molecule has 3 heterocycles. The molecule has 0 aliphatic carbocycles. The van der Waals surface area contributed by atoms with E-state index in [1.807, 2.05) is 31.0 Å². The molecule has 0 spiro atoms. The van der Waals surface area contributed by atoms with Gasteiger partial charge in [0.2, 0.25) is 0 Å². The largest absolute Gasteiger partial charge is 0.353 e. The monoisotopic (exact) mass is 380 g/mol. The number of piperazine rings is 1. The van der Waals surface area contributed by atoms with Crippen LogP contribution < -0.4 is 15.8 Å². The van der Waals surface area contributed by atoms with E-state index in [0.717, 1.165) is 31.7 Å². The fraction of sp³-hybridized carbons (Fsp3) is 0.400. The van der Waals surface area contributed by atoms with E-state index in [0.29, 0.717) is 18.0 Å². The van der Waals surface area contributed by atoms with Crippen molar-refractivity contribution >= 4 is 23.4 Å². The fourth-order valence-electron chi connectivity index (χ4n) is 3.23. The Labute approximate surface area is 163 Å². The van der Waals surface area contributed by atoms with E-state index in [2.05, 4.69) is 10.2 Å². The molecule has 2 aromatic rings. The summed E-state index contributed by atoms with van der Waals surface area (Å²) in [4.78, 5) is 34.4. The van der Waals surface area contributed by atoms with Crippen molar-refractivity contribution < 1.29 is 4.79 Å². The number of amides is 1. The Balaban J connectivity index is 2.23. The molecule has 1 fully saturated rings. The maximum absolute atomic E-state index is 13.2. The summed E-state index contributed by atoms with van der Waals surface area (Å²) in [6.45, 7) is 7.21. The number of anilines is 1. The number of nitriles is 1. The second kappa shape index (κ2) is 8.23. The summed E-state index contributed by atoms with van der Waals surface area (Å²) < 4.78 is 1.47. The molecule has 2 aromatic heterocycles. The molecule has 1 amide bonds. The molecule has 0 radical (unpaired) electrons. The minimum atomic E-state index is -0.497. The maximum atomic E-state index is 13.2. The second-order valence-electron chi connectivity index (χ2n) is 6.86. The van der Waals surface area contributed by atoms with Crippen LogP contribution in [0.5, 0.6) is 0 Å². The molecule has 8 nitrogen and oxygen atoms in total. The predicted octanol–water partition coefficient (Wildman–Crippen LogP) is 0.798. The number of nitrogens with one attached hydrogen (secondary N) is 1. The van der Waals surface area contributed by atoms with E-state index >= 15 is 0 Å². The number of carbonyl (C=O) groups excluding carboxylic acids is 1. The van der Waals surface area contributed by atoms with Crippen LogP contribution in [0.25, 0.3) is 11.7 Å². The molecule has 0 aromatic carbocycles. The molecule has 0 atom stereocenters. The van der Waals surface area contributed by atoms with Crippen molar-refractivity contribution in [3.8, 4) is 6.07 Å². The molecule has 1 saturated heterocycles. The molecule has 28 heavy (non-hydrogen) atoms. The van der Waals surface area contributed by atoms with Crippen LogP contribution in [0, 0.1) is 18.3 Å². The van der Waals surface area contributed by atoms with Gasteiger partial charge in [-0.1, -0.05) is 6.07 Å². The topological polar surface area (TPSA) is 93.7 Å². The number of rotatable bonds is 4. The Hall–Kier alpha value is -3.18. The van der Waals surface area contributed by atoms with Crippen molar-refractivity contribution in [3.05, 3.63) is 45.4 Å². The van der Waals surface area contributed by atoms with Gasteiger partial charge in [-0.25, -0.2) is 4.98 Å². The first-order valence-corrected chi connectivity index (χ1v) is 9.31. The van der Waals surface area contributed by atoms with Crippen molar-refractivity contribution in [2.45, 2.75) is 13.8 Å². The van der Waals surface area contributed by atoms with Gasteiger partial charge in [0.1, 0.15) is 23.1 Å². The first kappa shape index (κ1) is 19.6. The third kappa shape index (κ3) is 3.75. The number of aromatic nitrogens is 2. The van der Waals surface area contributed by atoms with Gasteiger partial charge in [0.25, 0.3) is 11.5 Å². The lowest BCUT2D eigenvalue weighted by Crippen LogP contribution is -2.45. The quantitative estimate of drug-likeness (QED) is 0.623. The SMILES string of the molecule is CCNC(=O)/C(C#N)=C/c1c(N2CCN(C)CC2)nc2c(C)cccn2c1=O. The average Bonchev–Trinajstić information content (AvgIpc) is 2.68. The highest BCUT2D eigenvalue weighted by Crippen LogP contribution is 2.21. The molecule has 0 bridgehead atoms. The van der Waals surface area contributed by atoms with Gasteiger partial charge in [-0.3, -0.25) is 14.0 Å². The van der Waals surface area contributed by atoms with Gasteiger partial charge in [-0.15, -0.1) is 0 Å². The highest BCUT2D eigenvalue weighted by atomic mass is 16.1. The van der Waals surface area contributed by atoms with Crippen LogP contribution >= 0.6 is 0 Å². The Morgan fingerprint density at radius 2 is 2.07 bits per heavy atom. The van der Waals surface area contributed by atoms with E-state index in [-0.39, 0.29) is 16.7 Å². The molecule has 146 valence electrons. The molecule has 0 unspecified atom stereocenters. The number of fused-ring (bicyclic) bond motifs is 1. The normalized spacial score (nSPS) is 15.5. The highest BCUT2D eigenvalue weighted by Gasteiger charge is 2.22. The van der Waals surface area contributed by atoms with Gasteiger partial charge in [-0.2, -0.15) is 5.26 Å². The van der Waals surface area contributed by atoms with E-state index in [9.17, 15) is 14.9 Å². The van der Waals surface area contributed by atoms with Crippen molar-refractivity contribution in [2.75, 3.05) is 44.7 Å². The van der Waals surface area contributed by atoms with Crippen molar-refractivity contribution in [1.29, 1.82) is 5.26 Å². The van der Waals surface area contributed by atoms with Crippen LogP contribution in [0.2, 0.25) is 0 Å². The Bertz CT molecular complexity index is 1030. The Morgan fingerprint density at radius 1 is 1.36 bits per heavy atom. The molecule has 1 aliphatic heterocycles. The van der Waals surface area contributed by atoms with Crippen molar-refractivity contribution in [1.82, 2.24) is 19.6 Å². The van der Waals surface area contributed by atoms with Gasteiger partial charge in [0.05, 0.1) is 5.56 Å². The number of pyridine rings is 1. The molecular formula is C20H24N6O2. The van der Waals surface area contributed by atoms with Crippen LogP contribution in [0.15, 0.2) is 28.7 Å². The standard InChI is InChI=1S/C20H24N6O2/c1-4-22-19(27)15(13-21)12-16-18(25-10-8-24(3)9-11-25)23-17-14(2)6-5-7-26(17)20(16)28/h5-7,12H,4,8-11H2,1-3H3,(H,22,27)/b15-12+. The lowest BCUT2D eigenvalue weighted by molar-refractivity contribution is -0.116. The van der Waals surface area contributed by atoms with Crippen LogP contribution in [0.4, 0.5) is 5.82 Å². The molecule has 3 rings (SSSR count). The second-order valence-corrected chi connectivity index (χ2v) is 6.86. The number of carbonyl (C=O) groups is 1. The van der Waals surface area contributed by atoms with E-state index < -0.39 is 5.91 Å². The van der Waals surface area contributed by atoms with E-state index in [1.165, 1.54) is 10.5 Å². The van der Waals surface area contributed by atoms with Gasteiger partial charge in [-0.05, 0) is 38.6 Å². The summed E-state index contributed by atoms with van der Waals surface area (Å²) >= 11 is 0. The van der Waals surface area contributed by atoms with Crippen molar-refractivity contribution in [2.24, 2.45) is 0 Å². The van der Waals surface area contributed by atoms with Gasteiger partial charge < -0.3 is 15.1 Å². The first-order valence-electron chi connectivity index (χ1n) is 9.31. The summed E-state index contributed by atoms with van der Waals surface area (Å²) in [5.41, 5.74) is 1.32. The third-order valence-electron chi connectivity index (χ3n) is 4.86. The summed E-state index contributed by atoms with van der Waals surface area (Å²) in [6.07, 6.45) is 3.02. The van der Waals surface area contributed by atoms with E-state index in [4.69, 9.17) is 4.98 Å². The maximum Gasteiger partial charge on any atom is 0.267 e. The van der Waals surface area contributed by atoms with Crippen molar-refractivity contribution in [3.63, 3.8) is 0 Å². The lowest BCUT2D eigenvalue weighted by Gasteiger charge is -2.34. The third-order valence-corrected chi connectivity index (χ3v) is 4.86. The zero-order valence-corrected chi connectivity index (χ0v) is 16.4. The first-order chi connectivity index (χ1) is 13.5. The lowest BCUT2D eigenvalue weighted by atomic mass is 10.1. The van der Waals surface area contributed by atoms with Gasteiger partial charge in [0, 0.05) is 38.9 Å². The molecule has 1 N–H and O–H groups in total. The molecule has 1 aliphatic rings. The average molecular weight is 380 g/mol. The van der Waals surface area contributed by atoms with Crippen LogP contribution in [-0.4, -0.2) is 60.0 Å². The van der Waals surface area contributed by atoms with Crippen LogP contribution in [0.1, 0.15) is 18.1 Å². The van der Waals surface area contributed by atoms with Crippen LogP contribution in [0.3, 0.4) is 0 Å². The number of hydrogen-bond acceptors (Lipinski definition) is 6. The van der Waals surface area contributed by atoms with Gasteiger partial charge >= 0.3 is 0 Å². The molecule has 8 heteroatoms. The predicted molar refractivity (Wildman–Crippen MR) is 108 cm³/mol. The number of aryl methyl sites for hydroxylation is 1. The fourth-order valence-corrected chi connectivity index (χ4v) is 3.23. The molecule has 0 saturated carbocycles. The zero-order valence-electron chi connectivity index (χ0n) is 16.4. The summed E-state index contributed by atoms with van der Waals surface area (Å²) in [5.74, 6) is 0.0208. The number of hydrogen-bond donors (Lipinski definition) is 1. The Kier molecular flexibility index (Phi) is 5.76. The highest BCUT2D eigenvalue weighted by molar-refractivity contribution is 6.02. The number of likely N-dealkylation sites (N-methyl/N-ethyl adjacent to an activating group) is 2. The summed E-state index contributed by atoms with van der Waals surface area (Å²) in [7, 11) is 2.05. The van der Waals surface area contributed by atoms with E-state index in [1.54, 1.807) is 19.2 Å². The van der Waals surface area contributed by atoms with Gasteiger partial charge in [0.15, 0.2) is 0 Å². The summed E-state index contributed by atoms with van der Waals surface area (Å²) in [6, 6.07) is 5.59.